The highest BCUT2D eigenvalue weighted by Gasteiger charge is 2.45. The molecule has 1 aliphatic heterocycles. The summed E-state index contributed by atoms with van der Waals surface area (Å²) >= 11 is 0. The molecule has 9 nitrogen and oxygen atoms in total. The van der Waals surface area contributed by atoms with Gasteiger partial charge in [-0.05, 0) is 18.4 Å². The number of carbonyl (C=O) groups excluding carboxylic acids is 2. The van der Waals surface area contributed by atoms with E-state index in [0.717, 1.165) is 5.56 Å². The lowest BCUT2D eigenvalue weighted by Crippen LogP contribution is -2.42. The Balaban J connectivity index is 1.76. The minimum Gasteiger partial charge on any atom is -0.467 e. The molecule has 0 spiro atoms. The number of amides is 1. The average molecular weight is 331 g/mol. The second-order valence-corrected chi connectivity index (χ2v) is 5.35. The second kappa shape index (κ2) is 7.07. The minimum atomic E-state index is -0.721. The molecule has 1 aromatic carbocycles. The lowest BCUT2D eigenvalue weighted by Gasteiger charge is -2.26. The summed E-state index contributed by atoms with van der Waals surface area (Å²) in [5, 5.41) is 13.7. The van der Waals surface area contributed by atoms with Crippen molar-refractivity contribution in [1.29, 1.82) is 0 Å². The van der Waals surface area contributed by atoms with Gasteiger partial charge < -0.3 is 9.47 Å². The standard InChI is InChI=1S/C15H17N5O4/c1-23-14(21)12-8-7-11(13-16-18-19-17-13)20(12)15(22)24-9-10-5-3-2-4-6-10/h2-6,11-12H,7-9H2,1H3,(H,16,17,18,19)/t11-,12-/m1/s1. The van der Waals surface area contributed by atoms with E-state index >= 15 is 0 Å². The number of aromatic amines is 1. The molecule has 1 fully saturated rings. The first kappa shape index (κ1) is 15.9. The average Bonchev–Trinajstić information content (AvgIpc) is 3.28. The minimum absolute atomic E-state index is 0.114. The zero-order valence-electron chi connectivity index (χ0n) is 13.1. The van der Waals surface area contributed by atoms with Gasteiger partial charge in [0, 0.05) is 0 Å². The second-order valence-electron chi connectivity index (χ2n) is 5.35. The summed E-state index contributed by atoms with van der Waals surface area (Å²) in [6.07, 6.45) is 0.369. The zero-order chi connectivity index (χ0) is 16.9. The molecule has 9 heteroatoms. The van der Waals surface area contributed by atoms with E-state index in [2.05, 4.69) is 20.6 Å². The molecule has 0 radical (unpaired) electrons. The third-order valence-corrected chi connectivity index (χ3v) is 3.93. The summed E-state index contributed by atoms with van der Waals surface area (Å²) in [7, 11) is 1.29. The maximum atomic E-state index is 12.6. The van der Waals surface area contributed by atoms with Crippen LogP contribution < -0.4 is 0 Å². The third-order valence-electron chi connectivity index (χ3n) is 3.93. The first-order valence-electron chi connectivity index (χ1n) is 7.51. The fraction of sp³-hybridized carbons (Fsp3) is 0.400. The molecular weight excluding hydrogens is 314 g/mol. The van der Waals surface area contributed by atoms with Crippen molar-refractivity contribution in [3.63, 3.8) is 0 Å². The van der Waals surface area contributed by atoms with Crippen molar-refractivity contribution in [3.8, 4) is 0 Å². The van der Waals surface area contributed by atoms with E-state index in [4.69, 9.17) is 9.47 Å². The van der Waals surface area contributed by atoms with Crippen LogP contribution >= 0.6 is 0 Å². The van der Waals surface area contributed by atoms with Gasteiger partial charge in [0.05, 0.1) is 13.2 Å². The van der Waals surface area contributed by atoms with E-state index in [-0.39, 0.29) is 6.61 Å². The Morgan fingerprint density at radius 2 is 2.08 bits per heavy atom. The Morgan fingerprint density at radius 1 is 1.29 bits per heavy atom. The Morgan fingerprint density at radius 3 is 2.75 bits per heavy atom. The smallest absolute Gasteiger partial charge is 0.411 e. The largest absolute Gasteiger partial charge is 0.467 e. The lowest BCUT2D eigenvalue weighted by atomic mass is 10.2. The van der Waals surface area contributed by atoms with E-state index < -0.39 is 24.1 Å². The molecule has 0 unspecified atom stereocenters. The Labute approximate surface area is 137 Å². The van der Waals surface area contributed by atoms with Crippen LogP contribution in [0.4, 0.5) is 4.79 Å². The molecule has 126 valence electrons. The summed E-state index contributed by atoms with van der Waals surface area (Å²) in [4.78, 5) is 25.9. The number of likely N-dealkylation sites (tertiary alicyclic amines) is 1. The number of benzene rings is 1. The number of aromatic nitrogens is 4. The highest BCUT2D eigenvalue weighted by atomic mass is 16.6. The van der Waals surface area contributed by atoms with Crippen LogP contribution in [0.25, 0.3) is 0 Å². The fourth-order valence-corrected chi connectivity index (χ4v) is 2.79. The van der Waals surface area contributed by atoms with Gasteiger partial charge in [0.2, 0.25) is 0 Å². The maximum absolute atomic E-state index is 12.6. The molecule has 2 atom stereocenters. The topological polar surface area (TPSA) is 110 Å². The molecule has 0 aliphatic carbocycles. The van der Waals surface area contributed by atoms with E-state index in [0.29, 0.717) is 18.7 Å². The van der Waals surface area contributed by atoms with Crippen molar-refractivity contribution in [2.24, 2.45) is 0 Å². The van der Waals surface area contributed by atoms with Crippen LogP contribution in [0.3, 0.4) is 0 Å². The molecule has 1 aliphatic rings. The van der Waals surface area contributed by atoms with Crippen LogP contribution in [0.1, 0.15) is 30.3 Å². The molecule has 1 aromatic heterocycles. The molecule has 3 rings (SSSR count). The first-order valence-corrected chi connectivity index (χ1v) is 7.51. The molecule has 2 heterocycles. The molecule has 1 N–H and O–H groups in total. The number of nitrogens with one attached hydrogen (secondary N) is 1. The molecule has 1 saturated heterocycles. The highest BCUT2D eigenvalue weighted by Crippen LogP contribution is 2.35. The predicted octanol–water partition coefficient (Wildman–Crippen LogP) is 1.21. The van der Waals surface area contributed by atoms with E-state index in [1.54, 1.807) is 0 Å². The van der Waals surface area contributed by atoms with Gasteiger partial charge in [-0.3, -0.25) is 4.90 Å². The zero-order valence-corrected chi connectivity index (χ0v) is 13.1. The molecular formula is C15H17N5O4. The summed E-state index contributed by atoms with van der Waals surface area (Å²) in [5.41, 5.74) is 0.857. The van der Waals surface area contributed by atoms with E-state index in [1.165, 1.54) is 12.0 Å². The van der Waals surface area contributed by atoms with Gasteiger partial charge in [-0.2, -0.15) is 5.21 Å². The summed E-state index contributed by atoms with van der Waals surface area (Å²) in [6.45, 7) is 0.114. The number of ether oxygens (including phenoxy) is 2. The SMILES string of the molecule is COC(=O)[C@H]1CC[C@H](c2nn[nH]n2)N1C(=O)OCc1ccccc1. The Hall–Kier alpha value is -2.97. The number of hydrogen-bond acceptors (Lipinski definition) is 7. The Bertz CT molecular complexity index is 691. The normalized spacial score (nSPS) is 20.0. The van der Waals surface area contributed by atoms with Gasteiger partial charge in [-0.25, -0.2) is 9.59 Å². The van der Waals surface area contributed by atoms with Crippen LogP contribution in [-0.4, -0.2) is 50.7 Å². The third kappa shape index (κ3) is 3.19. The number of esters is 1. The molecule has 0 saturated carbocycles. The monoisotopic (exact) mass is 331 g/mol. The number of carbonyl (C=O) groups is 2. The first-order chi connectivity index (χ1) is 11.7. The Kier molecular flexibility index (Phi) is 4.69. The van der Waals surface area contributed by atoms with Crippen LogP contribution in [0.5, 0.6) is 0 Å². The van der Waals surface area contributed by atoms with E-state index in [1.807, 2.05) is 30.3 Å². The number of tetrazole rings is 1. The summed E-state index contributed by atoms with van der Waals surface area (Å²) in [5.74, 6) is -0.143. The predicted molar refractivity (Wildman–Crippen MR) is 80.4 cm³/mol. The molecule has 24 heavy (non-hydrogen) atoms. The quantitative estimate of drug-likeness (QED) is 0.838. The van der Waals surface area contributed by atoms with Crippen molar-refractivity contribution < 1.29 is 19.1 Å². The molecule has 2 aromatic rings. The van der Waals surface area contributed by atoms with Gasteiger partial charge >= 0.3 is 12.1 Å². The number of hydrogen-bond donors (Lipinski definition) is 1. The lowest BCUT2D eigenvalue weighted by molar-refractivity contribution is -0.145. The number of methoxy groups -OCH3 is 1. The molecule has 0 bridgehead atoms. The van der Waals surface area contributed by atoms with Gasteiger partial charge in [-0.15, -0.1) is 10.2 Å². The van der Waals surface area contributed by atoms with Crippen molar-refractivity contribution >= 4 is 12.1 Å². The van der Waals surface area contributed by atoms with Crippen LogP contribution in [-0.2, 0) is 20.9 Å². The van der Waals surface area contributed by atoms with Gasteiger partial charge in [0.1, 0.15) is 12.6 Å². The van der Waals surface area contributed by atoms with Crippen molar-refractivity contribution in [3.05, 3.63) is 41.7 Å². The van der Waals surface area contributed by atoms with Crippen molar-refractivity contribution in [2.45, 2.75) is 31.5 Å². The van der Waals surface area contributed by atoms with Gasteiger partial charge in [0.25, 0.3) is 0 Å². The highest BCUT2D eigenvalue weighted by molar-refractivity contribution is 5.82. The summed E-state index contributed by atoms with van der Waals surface area (Å²) < 4.78 is 10.1. The number of rotatable bonds is 4. The van der Waals surface area contributed by atoms with Gasteiger partial charge in [0.15, 0.2) is 5.82 Å². The van der Waals surface area contributed by atoms with Crippen molar-refractivity contribution in [1.82, 2.24) is 25.5 Å². The van der Waals surface area contributed by atoms with E-state index in [9.17, 15) is 9.59 Å². The molecule has 1 amide bonds. The van der Waals surface area contributed by atoms with Gasteiger partial charge in [-0.1, -0.05) is 35.5 Å². The van der Waals surface area contributed by atoms with Crippen LogP contribution in [0, 0.1) is 0 Å². The van der Waals surface area contributed by atoms with Crippen LogP contribution in [0.15, 0.2) is 30.3 Å². The maximum Gasteiger partial charge on any atom is 0.411 e. The summed E-state index contributed by atoms with van der Waals surface area (Å²) in [6, 6.07) is 8.11. The van der Waals surface area contributed by atoms with Crippen LogP contribution in [0.2, 0.25) is 0 Å². The number of H-pyrrole nitrogens is 1. The fourth-order valence-electron chi connectivity index (χ4n) is 2.79. The number of nitrogens with zero attached hydrogens (tertiary/aromatic N) is 4. The van der Waals surface area contributed by atoms with Crippen molar-refractivity contribution in [2.75, 3.05) is 7.11 Å².